The van der Waals surface area contributed by atoms with Crippen LogP contribution < -0.4 is 10.4 Å². The van der Waals surface area contributed by atoms with Crippen molar-refractivity contribution < 1.29 is 17.6 Å². The Kier molecular flexibility index (Phi) is 7.17. The van der Waals surface area contributed by atoms with Gasteiger partial charge in [0.15, 0.2) is 0 Å². The first-order chi connectivity index (χ1) is 19.9. The second-order valence-electron chi connectivity index (χ2n) is 13.0. The van der Waals surface area contributed by atoms with E-state index in [1.807, 2.05) is 19.9 Å². The van der Waals surface area contributed by atoms with Gasteiger partial charge >= 0.3 is 6.18 Å². The van der Waals surface area contributed by atoms with Crippen molar-refractivity contribution in [1.82, 2.24) is 19.7 Å². The van der Waals surface area contributed by atoms with Crippen molar-refractivity contribution >= 4 is 18.7 Å². The smallest absolute Gasteiger partial charge is 0.404 e. The van der Waals surface area contributed by atoms with Crippen LogP contribution >= 0.6 is 0 Å². The molecular weight excluding hydrogens is 553 g/mol. The Morgan fingerprint density at radius 1 is 0.881 bits per heavy atom. The number of rotatable bonds is 7. The number of hydrogen-bond donors (Lipinski definition) is 0. The topological polar surface area (TPSA) is 52.8 Å². The number of alkyl halides is 3. The molecule has 0 amide bonds. The van der Waals surface area contributed by atoms with Crippen LogP contribution in [0, 0.1) is 11.8 Å². The lowest BCUT2D eigenvalue weighted by Crippen LogP contribution is -2.67. The van der Waals surface area contributed by atoms with Crippen LogP contribution in [0.4, 0.5) is 13.2 Å². The standard InChI is InChI=1S/C33H37F3N4OSi/c1-21(2)40-29(27-16-17-37-31(38-27)33(34,35)36)20-28(39-40)30-25-18-22(19-26(25)30)41-42(32(3,4)5,23-12-8-6-9-13-23)24-14-10-7-11-15-24/h6-17,20-22,25-26,30H,18-19H2,1-5H3. The third-order valence-electron chi connectivity index (χ3n) is 8.92. The van der Waals surface area contributed by atoms with E-state index < -0.39 is 20.3 Å². The van der Waals surface area contributed by atoms with E-state index in [1.54, 1.807) is 4.68 Å². The minimum atomic E-state index is -4.60. The Morgan fingerprint density at radius 3 is 1.95 bits per heavy atom. The summed E-state index contributed by atoms with van der Waals surface area (Å²) >= 11 is 0. The van der Waals surface area contributed by atoms with Crippen LogP contribution in [0.5, 0.6) is 0 Å². The summed E-state index contributed by atoms with van der Waals surface area (Å²) < 4.78 is 49.2. The van der Waals surface area contributed by atoms with Crippen molar-refractivity contribution in [2.75, 3.05) is 0 Å². The molecule has 0 bridgehead atoms. The average Bonchev–Trinajstić information content (AvgIpc) is 3.27. The molecule has 2 unspecified atom stereocenters. The molecule has 2 aliphatic carbocycles. The monoisotopic (exact) mass is 590 g/mol. The van der Waals surface area contributed by atoms with Crippen LogP contribution in [0.2, 0.25) is 5.04 Å². The van der Waals surface area contributed by atoms with Gasteiger partial charge in [0.2, 0.25) is 5.82 Å². The highest BCUT2D eigenvalue weighted by Gasteiger charge is 2.60. The van der Waals surface area contributed by atoms with Crippen LogP contribution in [0.15, 0.2) is 79.0 Å². The summed E-state index contributed by atoms with van der Waals surface area (Å²) in [6.45, 7) is 10.9. The van der Waals surface area contributed by atoms with E-state index in [1.165, 1.54) is 22.6 Å². The van der Waals surface area contributed by atoms with Gasteiger partial charge in [0.1, 0.15) is 0 Å². The van der Waals surface area contributed by atoms with Gasteiger partial charge in [-0.2, -0.15) is 18.3 Å². The summed E-state index contributed by atoms with van der Waals surface area (Å²) in [7, 11) is -2.64. The lowest BCUT2D eigenvalue weighted by Gasteiger charge is -2.45. The highest BCUT2D eigenvalue weighted by Crippen LogP contribution is 2.64. The molecule has 0 N–H and O–H groups in total. The normalized spacial score (nSPS) is 22.4. The quantitative estimate of drug-likeness (QED) is 0.217. The zero-order valence-corrected chi connectivity index (χ0v) is 25.6. The SMILES string of the molecule is CC(C)n1nc(C2C3CC(O[Si](c4ccccc4)(c4ccccc4)C(C)(C)C)CC32)cc1-c1ccnc(C(F)(F)F)n1. The number of hydrogen-bond acceptors (Lipinski definition) is 4. The largest absolute Gasteiger partial charge is 0.451 e. The molecule has 4 aromatic rings. The van der Waals surface area contributed by atoms with Crippen LogP contribution in [0.25, 0.3) is 11.4 Å². The van der Waals surface area contributed by atoms with Crippen LogP contribution in [-0.2, 0) is 10.6 Å². The van der Waals surface area contributed by atoms with Gasteiger partial charge in [-0.25, -0.2) is 9.97 Å². The zero-order chi connectivity index (χ0) is 29.9. The van der Waals surface area contributed by atoms with E-state index in [4.69, 9.17) is 9.52 Å². The molecular formula is C33H37F3N4OSi. The molecule has 6 rings (SSSR count). The summed E-state index contributed by atoms with van der Waals surface area (Å²) in [6, 6.07) is 24.9. The molecule has 2 atom stereocenters. The van der Waals surface area contributed by atoms with Gasteiger partial charge in [-0.3, -0.25) is 4.68 Å². The second kappa shape index (κ2) is 10.5. The predicted molar refractivity (Wildman–Crippen MR) is 160 cm³/mol. The predicted octanol–water partition coefficient (Wildman–Crippen LogP) is 7.01. The third kappa shape index (κ3) is 5.00. The maximum Gasteiger partial charge on any atom is 0.451 e. The highest BCUT2D eigenvalue weighted by atomic mass is 28.4. The summed E-state index contributed by atoms with van der Waals surface area (Å²) in [5.74, 6) is 0.0526. The molecule has 2 heterocycles. The van der Waals surface area contributed by atoms with Gasteiger partial charge < -0.3 is 4.43 Å². The van der Waals surface area contributed by atoms with Gasteiger partial charge in [-0.1, -0.05) is 81.4 Å². The lowest BCUT2D eigenvalue weighted by atomic mass is 10.1. The summed E-state index contributed by atoms with van der Waals surface area (Å²) in [4.78, 5) is 7.28. The van der Waals surface area contributed by atoms with E-state index in [9.17, 15) is 13.2 Å². The Hall–Kier alpha value is -3.30. The molecule has 2 aromatic heterocycles. The van der Waals surface area contributed by atoms with Gasteiger partial charge in [0, 0.05) is 24.3 Å². The number of fused-ring (bicyclic) bond motifs is 1. The molecule has 2 saturated carbocycles. The van der Waals surface area contributed by atoms with Gasteiger partial charge in [0.25, 0.3) is 8.32 Å². The third-order valence-corrected chi connectivity index (χ3v) is 14.0. The summed E-state index contributed by atoms with van der Waals surface area (Å²) in [6.07, 6.45) is -1.38. The molecule has 2 aromatic carbocycles. The Labute approximate surface area is 246 Å². The first-order valence-electron chi connectivity index (χ1n) is 14.7. The van der Waals surface area contributed by atoms with E-state index in [0.717, 1.165) is 18.5 Å². The first kappa shape index (κ1) is 28.8. The van der Waals surface area contributed by atoms with Gasteiger partial charge in [0.05, 0.1) is 17.1 Å². The number of benzene rings is 2. The molecule has 0 saturated heterocycles. The molecule has 0 spiro atoms. The van der Waals surface area contributed by atoms with E-state index >= 15 is 0 Å². The fourth-order valence-electron chi connectivity index (χ4n) is 7.07. The molecule has 9 heteroatoms. The molecule has 0 radical (unpaired) electrons. The van der Waals surface area contributed by atoms with Crippen molar-refractivity contribution in [3.05, 3.63) is 90.5 Å². The van der Waals surface area contributed by atoms with Crippen LogP contribution in [0.3, 0.4) is 0 Å². The number of aromatic nitrogens is 4. The summed E-state index contributed by atoms with van der Waals surface area (Å²) in [5.41, 5.74) is 1.77. The van der Waals surface area contributed by atoms with Crippen LogP contribution in [-0.4, -0.2) is 34.2 Å². The first-order valence-corrected chi connectivity index (χ1v) is 16.6. The van der Waals surface area contributed by atoms with E-state index in [2.05, 4.69) is 91.4 Å². The Bertz CT molecular complexity index is 1500. The molecule has 0 aliphatic heterocycles. The minimum Gasteiger partial charge on any atom is -0.404 e. The molecule has 42 heavy (non-hydrogen) atoms. The molecule has 2 aliphatic rings. The zero-order valence-electron chi connectivity index (χ0n) is 24.6. The van der Waals surface area contributed by atoms with Gasteiger partial charge in [-0.05, 0) is 66.1 Å². The number of nitrogens with zero attached hydrogens (tertiary/aromatic N) is 4. The average molecular weight is 591 g/mol. The van der Waals surface area contributed by atoms with E-state index in [0.29, 0.717) is 17.5 Å². The van der Waals surface area contributed by atoms with Crippen molar-refractivity contribution in [1.29, 1.82) is 0 Å². The van der Waals surface area contributed by atoms with Crippen LogP contribution in [0.1, 0.15) is 70.9 Å². The van der Waals surface area contributed by atoms with Crippen molar-refractivity contribution in [2.24, 2.45) is 11.8 Å². The molecule has 5 nitrogen and oxygen atoms in total. The fraction of sp³-hybridized carbons (Fsp3) is 0.424. The van der Waals surface area contributed by atoms with Crippen molar-refractivity contribution in [2.45, 2.75) is 76.7 Å². The maximum atomic E-state index is 13.3. The second-order valence-corrected chi connectivity index (χ2v) is 17.2. The number of halogens is 3. The minimum absolute atomic E-state index is 0.0251. The Balaban J connectivity index is 1.27. The fourth-order valence-corrected chi connectivity index (χ4v) is 11.8. The van der Waals surface area contributed by atoms with Crippen molar-refractivity contribution in [3.8, 4) is 11.4 Å². The Morgan fingerprint density at radius 2 is 1.45 bits per heavy atom. The molecule has 2 fully saturated rings. The maximum absolute atomic E-state index is 13.3. The summed E-state index contributed by atoms with van der Waals surface area (Å²) in [5, 5.41) is 7.38. The molecule has 220 valence electrons. The highest BCUT2D eigenvalue weighted by molar-refractivity contribution is 6.99. The van der Waals surface area contributed by atoms with E-state index in [-0.39, 0.29) is 28.8 Å². The van der Waals surface area contributed by atoms with Gasteiger partial charge in [-0.15, -0.1) is 0 Å². The lowest BCUT2D eigenvalue weighted by molar-refractivity contribution is -0.144. The van der Waals surface area contributed by atoms with Crippen molar-refractivity contribution in [3.63, 3.8) is 0 Å².